The van der Waals surface area contributed by atoms with Crippen molar-refractivity contribution in [3.05, 3.63) is 76.2 Å². The summed E-state index contributed by atoms with van der Waals surface area (Å²) in [6, 6.07) is 10.2. The second kappa shape index (κ2) is 7.60. The van der Waals surface area contributed by atoms with E-state index in [-0.39, 0.29) is 43.4 Å². The first-order valence-electron chi connectivity index (χ1n) is 8.46. The molecule has 0 amide bonds. The molecule has 0 saturated heterocycles. The highest BCUT2D eigenvalue weighted by Crippen LogP contribution is 2.28. The van der Waals surface area contributed by atoms with E-state index in [1.165, 1.54) is 42.9 Å². The number of hydrogen-bond donors (Lipinski definition) is 3. The van der Waals surface area contributed by atoms with Gasteiger partial charge in [-0.3, -0.25) is 9.52 Å². The predicted molar refractivity (Wildman–Crippen MR) is 115 cm³/mol. The molecule has 2 aromatic carbocycles. The summed E-state index contributed by atoms with van der Waals surface area (Å²) in [7, 11) is -4.03. The fourth-order valence-electron chi connectivity index (χ4n) is 2.94. The van der Waals surface area contributed by atoms with Gasteiger partial charge in [-0.25, -0.2) is 18.4 Å². The average Bonchev–Trinajstić information content (AvgIpc) is 3.14. The Hall–Kier alpha value is -3.14. The van der Waals surface area contributed by atoms with E-state index in [2.05, 4.69) is 19.7 Å². The third-order valence-electron chi connectivity index (χ3n) is 4.30. The highest BCUT2D eigenvalue weighted by molar-refractivity contribution is 7.92. The third kappa shape index (κ3) is 3.70. The van der Waals surface area contributed by atoms with Crippen LogP contribution in [0.2, 0.25) is 10.0 Å². The number of rotatable bonds is 5. The number of anilines is 2. The zero-order chi connectivity index (χ0) is 21.5. The Kier molecular flexibility index (Phi) is 5.10. The smallest absolute Gasteiger partial charge is 0.263 e. The normalized spacial score (nSPS) is 11.5. The van der Waals surface area contributed by atoms with Gasteiger partial charge in [0.2, 0.25) is 0 Å². The quantitative estimate of drug-likeness (QED) is 0.386. The molecule has 11 heteroatoms. The predicted octanol–water partition coefficient (Wildman–Crippen LogP) is 3.88. The first-order valence-corrected chi connectivity index (χ1v) is 10.7. The second-order valence-corrected chi connectivity index (χ2v) is 8.77. The van der Waals surface area contributed by atoms with Crippen molar-refractivity contribution < 1.29 is 13.2 Å². The molecule has 4 aromatic rings. The number of H-pyrrole nitrogens is 1. The fourth-order valence-corrected chi connectivity index (χ4v) is 4.75. The van der Waals surface area contributed by atoms with Crippen molar-refractivity contribution in [2.75, 3.05) is 10.5 Å². The van der Waals surface area contributed by atoms with Gasteiger partial charge in [0.15, 0.2) is 5.78 Å². The zero-order valence-electron chi connectivity index (χ0n) is 15.1. The lowest BCUT2D eigenvalue weighted by Crippen LogP contribution is -2.14. The summed E-state index contributed by atoms with van der Waals surface area (Å²) < 4.78 is 27.9. The van der Waals surface area contributed by atoms with E-state index >= 15 is 0 Å². The molecule has 0 aliphatic carbocycles. The van der Waals surface area contributed by atoms with Crippen LogP contribution in [0.1, 0.15) is 15.9 Å². The molecule has 4 rings (SSSR count). The SMILES string of the molecule is Nc1ncnc2[nH]cc(C(=O)c3cccc(NS(=O)(=O)c4cc(Cl)ccc4Cl)c3)c12. The molecule has 0 atom stereocenters. The molecule has 2 aromatic heterocycles. The number of aromatic nitrogens is 3. The maximum absolute atomic E-state index is 13.0. The Balaban J connectivity index is 1.69. The summed E-state index contributed by atoms with van der Waals surface area (Å²) in [5.41, 5.74) is 7.02. The maximum atomic E-state index is 13.0. The van der Waals surface area contributed by atoms with E-state index in [9.17, 15) is 13.2 Å². The van der Waals surface area contributed by atoms with Crippen molar-refractivity contribution >= 4 is 61.5 Å². The van der Waals surface area contributed by atoms with Crippen molar-refractivity contribution in [1.29, 1.82) is 0 Å². The summed E-state index contributed by atoms with van der Waals surface area (Å²) in [5, 5.41) is 0.649. The lowest BCUT2D eigenvalue weighted by atomic mass is 10.0. The van der Waals surface area contributed by atoms with Crippen LogP contribution in [0.5, 0.6) is 0 Å². The highest BCUT2D eigenvalue weighted by atomic mass is 35.5. The second-order valence-electron chi connectivity index (χ2n) is 6.28. The number of hydrogen-bond acceptors (Lipinski definition) is 6. The number of benzene rings is 2. The van der Waals surface area contributed by atoms with Crippen LogP contribution in [-0.4, -0.2) is 29.2 Å². The Morgan fingerprint density at radius 1 is 1.10 bits per heavy atom. The van der Waals surface area contributed by atoms with Crippen LogP contribution in [0.15, 0.2) is 59.9 Å². The van der Waals surface area contributed by atoms with E-state index in [1.54, 1.807) is 12.1 Å². The monoisotopic (exact) mass is 461 g/mol. The van der Waals surface area contributed by atoms with Crippen molar-refractivity contribution in [3.63, 3.8) is 0 Å². The number of nitrogens with two attached hydrogens (primary N) is 1. The molecule has 0 unspecified atom stereocenters. The fraction of sp³-hybridized carbons (Fsp3) is 0. The van der Waals surface area contributed by atoms with Crippen LogP contribution < -0.4 is 10.5 Å². The van der Waals surface area contributed by atoms with Gasteiger partial charge in [-0.05, 0) is 30.3 Å². The number of ketones is 1. The largest absolute Gasteiger partial charge is 0.383 e. The molecule has 0 fully saturated rings. The average molecular weight is 462 g/mol. The van der Waals surface area contributed by atoms with E-state index in [0.29, 0.717) is 11.0 Å². The van der Waals surface area contributed by atoms with Gasteiger partial charge in [-0.15, -0.1) is 0 Å². The van der Waals surface area contributed by atoms with Gasteiger partial charge >= 0.3 is 0 Å². The minimum absolute atomic E-state index is 0.0217. The Morgan fingerprint density at radius 2 is 1.90 bits per heavy atom. The van der Waals surface area contributed by atoms with Crippen molar-refractivity contribution in [2.24, 2.45) is 0 Å². The maximum Gasteiger partial charge on any atom is 0.263 e. The number of fused-ring (bicyclic) bond motifs is 1. The molecule has 4 N–H and O–H groups in total. The number of nitrogen functional groups attached to an aromatic ring is 1. The van der Waals surface area contributed by atoms with Gasteiger partial charge in [-0.1, -0.05) is 35.3 Å². The molecule has 8 nitrogen and oxygen atoms in total. The lowest BCUT2D eigenvalue weighted by molar-refractivity contribution is 0.104. The minimum Gasteiger partial charge on any atom is -0.383 e. The molecular formula is C19H13Cl2N5O3S. The van der Waals surface area contributed by atoms with Crippen LogP contribution in [0.25, 0.3) is 11.0 Å². The first kappa shape index (κ1) is 20.1. The number of carbonyl (C=O) groups is 1. The number of nitrogens with one attached hydrogen (secondary N) is 2. The van der Waals surface area contributed by atoms with Crippen LogP contribution in [0.3, 0.4) is 0 Å². The number of carbonyl (C=O) groups excluding carboxylic acids is 1. The van der Waals surface area contributed by atoms with Gasteiger partial charge in [0.25, 0.3) is 10.0 Å². The number of nitrogens with zero attached hydrogens (tertiary/aromatic N) is 2. The molecule has 30 heavy (non-hydrogen) atoms. The molecule has 0 bridgehead atoms. The summed E-state index contributed by atoms with van der Waals surface area (Å²) in [4.78, 5) is 23.7. The minimum atomic E-state index is -4.03. The topological polar surface area (TPSA) is 131 Å². The van der Waals surface area contributed by atoms with Gasteiger partial charge in [0, 0.05) is 22.5 Å². The molecule has 152 valence electrons. The van der Waals surface area contributed by atoms with Crippen LogP contribution in [0.4, 0.5) is 11.5 Å². The number of halogens is 2. The van der Waals surface area contributed by atoms with E-state index in [0.717, 1.165) is 0 Å². The number of sulfonamides is 1. The van der Waals surface area contributed by atoms with Gasteiger partial charge < -0.3 is 10.7 Å². The van der Waals surface area contributed by atoms with Gasteiger partial charge in [0.05, 0.1) is 16.0 Å². The molecule has 0 spiro atoms. The molecular weight excluding hydrogens is 449 g/mol. The van der Waals surface area contributed by atoms with E-state index < -0.39 is 10.0 Å². The zero-order valence-corrected chi connectivity index (χ0v) is 17.4. The molecule has 0 radical (unpaired) electrons. The van der Waals surface area contributed by atoms with Gasteiger partial charge in [0.1, 0.15) is 22.7 Å². The molecule has 0 saturated carbocycles. The summed E-state index contributed by atoms with van der Waals surface area (Å²) >= 11 is 11.9. The molecule has 0 aliphatic rings. The summed E-state index contributed by atoms with van der Waals surface area (Å²) in [6.45, 7) is 0. The summed E-state index contributed by atoms with van der Waals surface area (Å²) in [5.74, 6) is -0.207. The van der Waals surface area contributed by atoms with Crippen molar-refractivity contribution in [2.45, 2.75) is 4.90 Å². The van der Waals surface area contributed by atoms with Gasteiger partial charge in [-0.2, -0.15) is 0 Å². The first-order chi connectivity index (χ1) is 14.3. The lowest BCUT2D eigenvalue weighted by Gasteiger charge is -2.11. The molecule has 2 heterocycles. The standard InChI is InChI=1S/C19H13Cl2N5O3S/c20-11-4-5-14(21)15(7-11)30(28,29)26-12-3-1-2-10(6-12)17(27)13-8-23-19-16(13)18(22)24-9-25-19/h1-9,26H,(H3,22,23,24,25). The Labute approximate surface area is 181 Å². The van der Waals surface area contributed by atoms with Crippen molar-refractivity contribution in [3.8, 4) is 0 Å². The van der Waals surface area contributed by atoms with Crippen LogP contribution >= 0.6 is 23.2 Å². The Bertz CT molecular complexity index is 1400. The van der Waals surface area contributed by atoms with Crippen molar-refractivity contribution in [1.82, 2.24) is 15.0 Å². The number of aromatic amines is 1. The van der Waals surface area contributed by atoms with E-state index in [1.807, 2.05) is 0 Å². The van der Waals surface area contributed by atoms with E-state index in [4.69, 9.17) is 28.9 Å². The highest BCUT2D eigenvalue weighted by Gasteiger charge is 2.21. The van der Waals surface area contributed by atoms with Crippen LogP contribution in [0, 0.1) is 0 Å². The Morgan fingerprint density at radius 3 is 2.70 bits per heavy atom. The summed E-state index contributed by atoms with van der Waals surface area (Å²) in [6.07, 6.45) is 2.78. The van der Waals surface area contributed by atoms with Crippen LogP contribution in [-0.2, 0) is 10.0 Å². The third-order valence-corrected chi connectivity index (χ3v) is 6.40. The molecule has 0 aliphatic heterocycles.